The predicted octanol–water partition coefficient (Wildman–Crippen LogP) is 1.53. The Morgan fingerprint density at radius 3 is 2.79 bits per heavy atom. The molecule has 2 N–H and O–H groups in total. The molecule has 0 amide bonds. The molecule has 19 heavy (non-hydrogen) atoms. The van der Waals surface area contributed by atoms with E-state index in [1.54, 1.807) is 0 Å². The van der Waals surface area contributed by atoms with Gasteiger partial charge >= 0.3 is 0 Å². The van der Waals surface area contributed by atoms with Gasteiger partial charge in [0.1, 0.15) is 0 Å². The molecule has 0 aromatic heterocycles. The lowest BCUT2D eigenvalue weighted by Crippen LogP contribution is -2.45. The predicted molar refractivity (Wildman–Crippen MR) is 80.1 cm³/mol. The number of aliphatic imine (C=N–C) groups is 1. The number of likely N-dealkylation sites (N-methyl/N-ethyl adjacent to an activating group) is 1. The smallest absolute Gasteiger partial charge is 0.191 e. The molecule has 0 radical (unpaired) electrons. The molecule has 1 aromatic carbocycles. The Morgan fingerprint density at radius 2 is 2.05 bits per heavy atom. The lowest BCUT2D eigenvalue weighted by molar-refractivity contribution is 0.283. The van der Waals surface area contributed by atoms with Crippen molar-refractivity contribution in [2.75, 3.05) is 26.7 Å². The Hall–Kier alpha value is -1.55. The maximum atomic E-state index is 6.16. The third kappa shape index (κ3) is 3.96. The number of benzene rings is 1. The molecule has 4 nitrogen and oxygen atoms in total. The van der Waals surface area contributed by atoms with Crippen LogP contribution < -0.4 is 5.73 Å². The fourth-order valence-electron chi connectivity index (χ4n) is 2.56. The van der Waals surface area contributed by atoms with E-state index in [-0.39, 0.29) is 0 Å². The standard InChI is InChI=1S/C15H24N4/c1-13-12-18(2)9-6-10-19(13)15(16)17-11-14-7-4-3-5-8-14/h3-5,7-8,13H,6,9-12H2,1-2H3,(H2,16,17). The van der Waals surface area contributed by atoms with Crippen LogP contribution in [0.15, 0.2) is 35.3 Å². The summed E-state index contributed by atoms with van der Waals surface area (Å²) in [5.74, 6) is 0.673. The quantitative estimate of drug-likeness (QED) is 0.648. The van der Waals surface area contributed by atoms with Gasteiger partial charge in [-0.15, -0.1) is 0 Å². The van der Waals surface area contributed by atoms with Crippen molar-refractivity contribution in [1.29, 1.82) is 0 Å². The molecule has 1 aromatic rings. The van der Waals surface area contributed by atoms with Crippen LogP contribution in [0.1, 0.15) is 18.9 Å². The zero-order chi connectivity index (χ0) is 13.7. The average Bonchev–Trinajstić information content (AvgIpc) is 2.58. The summed E-state index contributed by atoms with van der Waals surface area (Å²) in [6.07, 6.45) is 1.14. The highest BCUT2D eigenvalue weighted by atomic mass is 15.3. The summed E-state index contributed by atoms with van der Waals surface area (Å²) < 4.78 is 0. The second kappa shape index (κ2) is 6.57. The first kappa shape index (κ1) is 13.9. The maximum absolute atomic E-state index is 6.16. The Labute approximate surface area is 115 Å². The molecule has 2 rings (SSSR count). The largest absolute Gasteiger partial charge is 0.370 e. The van der Waals surface area contributed by atoms with Gasteiger partial charge in [0.05, 0.1) is 6.54 Å². The SMILES string of the molecule is CC1CN(C)CCCN1C(N)=NCc1ccccc1. The van der Waals surface area contributed by atoms with Crippen LogP contribution in [0.5, 0.6) is 0 Å². The molecule has 1 unspecified atom stereocenters. The van der Waals surface area contributed by atoms with Crippen LogP contribution in [-0.2, 0) is 6.54 Å². The minimum absolute atomic E-state index is 0.423. The van der Waals surface area contributed by atoms with Crippen molar-refractivity contribution in [2.45, 2.75) is 25.9 Å². The summed E-state index contributed by atoms with van der Waals surface area (Å²) in [6, 6.07) is 10.7. The minimum Gasteiger partial charge on any atom is -0.370 e. The topological polar surface area (TPSA) is 44.9 Å². The van der Waals surface area contributed by atoms with E-state index < -0.39 is 0 Å². The number of hydrogen-bond donors (Lipinski definition) is 1. The number of rotatable bonds is 2. The molecule has 1 heterocycles. The number of guanidine groups is 1. The van der Waals surface area contributed by atoms with E-state index in [9.17, 15) is 0 Å². The van der Waals surface area contributed by atoms with Gasteiger partial charge in [-0.3, -0.25) is 0 Å². The van der Waals surface area contributed by atoms with Crippen molar-refractivity contribution >= 4 is 5.96 Å². The molecule has 1 aliphatic heterocycles. The van der Waals surface area contributed by atoms with Crippen LogP contribution >= 0.6 is 0 Å². The van der Waals surface area contributed by atoms with Crippen molar-refractivity contribution in [3.63, 3.8) is 0 Å². The number of nitrogens with zero attached hydrogens (tertiary/aromatic N) is 3. The van der Waals surface area contributed by atoms with Crippen molar-refractivity contribution in [3.05, 3.63) is 35.9 Å². The van der Waals surface area contributed by atoms with Gasteiger partial charge in [0.25, 0.3) is 0 Å². The van der Waals surface area contributed by atoms with Gasteiger partial charge in [-0.1, -0.05) is 30.3 Å². The van der Waals surface area contributed by atoms with E-state index in [1.807, 2.05) is 18.2 Å². The normalized spacial score (nSPS) is 22.3. The molecule has 4 heteroatoms. The van der Waals surface area contributed by atoms with E-state index in [1.165, 1.54) is 5.56 Å². The second-order valence-corrected chi connectivity index (χ2v) is 5.32. The second-order valence-electron chi connectivity index (χ2n) is 5.32. The molecule has 1 saturated heterocycles. The first-order valence-corrected chi connectivity index (χ1v) is 6.96. The molecular formula is C15H24N4. The third-order valence-corrected chi connectivity index (χ3v) is 3.61. The Kier molecular flexibility index (Phi) is 4.80. The fourth-order valence-corrected chi connectivity index (χ4v) is 2.56. The highest BCUT2D eigenvalue weighted by Gasteiger charge is 2.20. The first-order valence-electron chi connectivity index (χ1n) is 6.96. The van der Waals surface area contributed by atoms with E-state index >= 15 is 0 Å². The molecule has 1 atom stereocenters. The van der Waals surface area contributed by atoms with Crippen LogP contribution in [0.4, 0.5) is 0 Å². The van der Waals surface area contributed by atoms with Gasteiger partial charge < -0.3 is 15.5 Å². The van der Waals surface area contributed by atoms with Gasteiger partial charge in [0, 0.05) is 19.1 Å². The lowest BCUT2D eigenvalue weighted by atomic mass is 10.2. The van der Waals surface area contributed by atoms with Crippen molar-refractivity contribution in [1.82, 2.24) is 9.80 Å². The van der Waals surface area contributed by atoms with Gasteiger partial charge in [-0.25, -0.2) is 4.99 Å². The van der Waals surface area contributed by atoms with Crippen LogP contribution in [0, 0.1) is 0 Å². The molecule has 0 saturated carbocycles. The van der Waals surface area contributed by atoms with E-state index in [0.717, 1.165) is 26.1 Å². The lowest BCUT2D eigenvalue weighted by Gasteiger charge is -2.28. The minimum atomic E-state index is 0.423. The van der Waals surface area contributed by atoms with E-state index in [4.69, 9.17) is 5.73 Å². The van der Waals surface area contributed by atoms with Crippen LogP contribution in [0.2, 0.25) is 0 Å². The summed E-state index contributed by atoms with van der Waals surface area (Å²) in [7, 11) is 2.16. The van der Waals surface area contributed by atoms with Gasteiger partial charge in [-0.05, 0) is 32.5 Å². The van der Waals surface area contributed by atoms with Gasteiger partial charge in [0.2, 0.25) is 0 Å². The summed E-state index contributed by atoms with van der Waals surface area (Å²) in [5, 5.41) is 0. The molecule has 1 aliphatic rings. The highest BCUT2D eigenvalue weighted by molar-refractivity contribution is 5.78. The van der Waals surface area contributed by atoms with Crippen molar-refractivity contribution in [3.8, 4) is 0 Å². The molecule has 0 bridgehead atoms. The number of hydrogen-bond acceptors (Lipinski definition) is 2. The third-order valence-electron chi connectivity index (χ3n) is 3.61. The first-order chi connectivity index (χ1) is 9.16. The number of nitrogens with two attached hydrogens (primary N) is 1. The van der Waals surface area contributed by atoms with Crippen molar-refractivity contribution in [2.24, 2.45) is 10.7 Å². The molecule has 0 spiro atoms. The van der Waals surface area contributed by atoms with E-state index in [0.29, 0.717) is 18.5 Å². The summed E-state index contributed by atoms with van der Waals surface area (Å²) in [5.41, 5.74) is 7.36. The summed E-state index contributed by atoms with van der Waals surface area (Å²) in [4.78, 5) is 9.12. The van der Waals surface area contributed by atoms with E-state index in [2.05, 4.69) is 40.9 Å². The zero-order valence-corrected chi connectivity index (χ0v) is 11.9. The maximum Gasteiger partial charge on any atom is 0.191 e. The van der Waals surface area contributed by atoms with Crippen LogP contribution in [0.25, 0.3) is 0 Å². The van der Waals surface area contributed by atoms with Gasteiger partial charge in [0.15, 0.2) is 5.96 Å². The van der Waals surface area contributed by atoms with Crippen molar-refractivity contribution < 1.29 is 0 Å². The average molecular weight is 260 g/mol. The Morgan fingerprint density at radius 1 is 1.32 bits per heavy atom. The molecule has 104 valence electrons. The Bertz CT molecular complexity index is 415. The summed E-state index contributed by atoms with van der Waals surface area (Å²) in [6.45, 7) is 6.04. The monoisotopic (exact) mass is 260 g/mol. The summed E-state index contributed by atoms with van der Waals surface area (Å²) >= 11 is 0. The van der Waals surface area contributed by atoms with Crippen LogP contribution in [-0.4, -0.2) is 48.5 Å². The van der Waals surface area contributed by atoms with Crippen LogP contribution in [0.3, 0.4) is 0 Å². The fraction of sp³-hybridized carbons (Fsp3) is 0.533. The zero-order valence-electron chi connectivity index (χ0n) is 11.9. The Balaban J connectivity index is 1.99. The van der Waals surface area contributed by atoms with Gasteiger partial charge in [-0.2, -0.15) is 0 Å². The highest BCUT2D eigenvalue weighted by Crippen LogP contribution is 2.09. The molecule has 1 fully saturated rings. The molecular weight excluding hydrogens is 236 g/mol. The molecule has 0 aliphatic carbocycles.